The Kier molecular flexibility index (Phi) is 6.52. The van der Waals surface area contributed by atoms with Crippen molar-refractivity contribution in [1.82, 2.24) is 18.8 Å². The van der Waals surface area contributed by atoms with E-state index >= 15 is 0 Å². The van der Waals surface area contributed by atoms with E-state index in [1.165, 1.54) is 29.8 Å². The summed E-state index contributed by atoms with van der Waals surface area (Å²) in [5.74, 6) is -0.278. The minimum Gasteiger partial charge on any atom is -0.341 e. The Morgan fingerprint density at radius 3 is 2.34 bits per heavy atom. The van der Waals surface area contributed by atoms with Crippen LogP contribution in [0.15, 0.2) is 32.7 Å². The third-order valence-electron chi connectivity index (χ3n) is 6.56. The second kappa shape index (κ2) is 9.19. The van der Waals surface area contributed by atoms with Crippen molar-refractivity contribution in [3.8, 4) is 0 Å². The molecule has 1 aliphatic heterocycles. The fraction of sp³-hybridized carbons (Fsp3) is 0.591. The van der Waals surface area contributed by atoms with Gasteiger partial charge < -0.3 is 4.90 Å². The van der Waals surface area contributed by atoms with Gasteiger partial charge in [-0.25, -0.2) is 17.9 Å². The normalized spacial score (nSPS) is 18.2. The number of hydrogen-bond donors (Lipinski definition) is 1. The minimum absolute atomic E-state index is 0.0117. The standard InChI is InChI=1S/C22H30N4O5S/c1-24-19-11-10-17(32(30,31)23-16-8-4-2-3-5-9-16)14-18(19)21(28)26(22(24)29)15-20(27)25-12-6-7-13-25/h10-11,14,16,23H,2-9,12-13,15H2,1H3. The third kappa shape index (κ3) is 4.52. The number of fused-ring (bicyclic) bond motifs is 1. The number of aryl methyl sites for hydroxylation is 1. The maximum absolute atomic E-state index is 13.1. The minimum atomic E-state index is -3.82. The summed E-state index contributed by atoms with van der Waals surface area (Å²) in [5, 5.41) is 0.102. The van der Waals surface area contributed by atoms with Crippen LogP contribution in [0.4, 0.5) is 0 Å². The third-order valence-corrected chi connectivity index (χ3v) is 8.08. The van der Waals surface area contributed by atoms with Crippen LogP contribution in [-0.2, 0) is 28.4 Å². The van der Waals surface area contributed by atoms with Gasteiger partial charge in [0.25, 0.3) is 5.56 Å². The molecule has 0 bridgehead atoms. The van der Waals surface area contributed by atoms with Crippen molar-refractivity contribution in [1.29, 1.82) is 0 Å². The summed E-state index contributed by atoms with van der Waals surface area (Å²) in [6.45, 7) is 0.895. The van der Waals surface area contributed by atoms with E-state index in [1.807, 2.05) is 0 Å². The first kappa shape index (κ1) is 22.7. The van der Waals surface area contributed by atoms with Crippen molar-refractivity contribution in [2.75, 3.05) is 13.1 Å². The van der Waals surface area contributed by atoms with E-state index in [2.05, 4.69) is 4.72 Å². The fourth-order valence-corrected chi connectivity index (χ4v) is 6.02. The van der Waals surface area contributed by atoms with Crippen LogP contribution in [0.2, 0.25) is 0 Å². The predicted octanol–water partition coefficient (Wildman–Crippen LogP) is 1.32. The first-order valence-corrected chi connectivity index (χ1v) is 12.8. The molecule has 0 atom stereocenters. The molecule has 9 nitrogen and oxygen atoms in total. The van der Waals surface area contributed by atoms with Crippen LogP contribution in [0.5, 0.6) is 0 Å². The fourth-order valence-electron chi connectivity index (χ4n) is 4.69. The lowest BCUT2D eigenvalue weighted by molar-refractivity contribution is -0.130. The van der Waals surface area contributed by atoms with E-state index in [0.717, 1.165) is 55.9 Å². The van der Waals surface area contributed by atoms with Crippen LogP contribution in [0.1, 0.15) is 51.4 Å². The molecule has 1 aliphatic carbocycles. The largest absolute Gasteiger partial charge is 0.341 e. The van der Waals surface area contributed by atoms with Crippen LogP contribution >= 0.6 is 0 Å². The summed E-state index contributed by atoms with van der Waals surface area (Å²) in [7, 11) is -2.30. The molecule has 4 rings (SSSR count). The first-order chi connectivity index (χ1) is 15.3. The van der Waals surface area contributed by atoms with Crippen molar-refractivity contribution in [2.45, 2.75) is 68.8 Å². The van der Waals surface area contributed by atoms with Crippen LogP contribution in [0.3, 0.4) is 0 Å². The molecule has 1 aromatic heterocycles. The molecule has 174 valence electrons. The SMILES string of the molecule is Cn1c(=O)n(CC(=O)N2CCCC2)c(=O)c2cc(S(=O)(=O)NC3CCCCCC3)ccc21. The second-order valence-corrected chi connectivity index (χ2v) is 10.5. The molecule has 0 radical (unpaired) electrons. The van der Waals surface area contributed by atoms with Gasteiger partial charge in [0.15, 0.2) is 0 Å². The Hall–Kier alpha value is -2.46. The number of nitrogens with one attached hydrogen (secondary N) is 1. The van der Waals surface area contributed by atoms with Crippen molar-refractivity contribution < 1.29 is 13.2 Å². The predicted molar refractivity (Wildman–Crippen MR) is 121 cm³/mol. The number of carbonyl (C=O) groups is 1. The van der Waals surface area contributed by atoms with Crippen LogP contribution in [0, 0.1) is 0 Å². The van der Waals surface area contributed by atoms with Crippen LogP contribution in [-0.4, -0.2) is 47.5 Å². The Labute approximate surface area is 187 Å². The topological polar surface area (TPSA) is 110 Å². The Morgan fingerprint density at radius 2 is 1.69 bits per heavy atom. The van der Waals surface area contributed by atoms with Gasteiger partial charge in [-0.2, -0.15) is 0 Å². The molecule has 10 heteroatoms. The van der Waals surface area contributed by atoms with Crippen molar-refractivity contribution in [3.05, 3.63) is 39.0 Å². The number of carbonyl (C=O) groups excluding carboxylic acids is 1. The molecule has 1 N–H and O–H groups in total. The highest BCUT2D eigenvalue weighted by Crippen LogP contribution is 2.21. The van der Waals surface area contributed by atoms with Crippen molar-refractivity contribution >= 4 is 26.8 Å². The van der Waals surface area contributed by atoms with Gasteiger partial charge in [0.2, 0.25) is 15.9 Å². The van der Waals surface area contributed by atoms with E-state index < -0.39 is 21.3 Å². The maximum Gasteiger partial charge on any atom is 0.331 e. The molecule has 2 fully saturated rings. The summed E-state index contributed by atoms with van der Waals surface area (Å²) >= 11 is 0. The molecular weight excluding hydrogens is 432 g/mol. The maximum atomic E-state index is 13.1. The smallest absolute Gasteiger partial charge is 0.331 e. The number of likely N-dealkylation sites (tertiary alicyclic amines) is 1. The number of rotatable bonds is 5. The summed E-state index contributed by atoms with van der Waals surface area (Å²) in [6, 6.07) is 4.09. The number of aromatic nitrogens is 2. The summed E-state index contributed by atoms with van der Waals surface area (Å²) < 4.78 is 31.0. The average molecular weight is 463 g/mol. The molecule has 1 saturated heterocycles. The average Bonchev–Trinajstić information content (AvgIpc) is 3.20. The molecule has 2 aromatic rings. The second-order valence-electron chi connectivity index (χ2n) is 8.81. The van der Waals surface area contributed by atoms with E-state index in [1.54, 1.807) is 4.90 Å². The van der Waals surface area contributed by atoms with Gasteiger partial charge in [-0.15, -0.1) is 0 Å². The number of benzene rings is 1. The zero-order valence-electron chi connectivity index (χ0n) is 18.4. The highest BCUT2D eigenvalue weighted by Gasteiger charge is 2.24. The lowest BCUT2D eigenvalue weighted by Gasteiger charge is -2.18. The van der Waals surface area contributed by atoms with Gasteiger partial charge in [-0.05, 0) is 43.9 Å². The number of nitrogens with zero attached hydrogens (tertiary/aromatic N) is 3. The van der Waals surface area contributed by atoms with Gasteiger partial charge >= 0.3 is 5.69 Å². The molecule has 1 aromatic carbocycles. The number of amides is 1. The first-order valence-electron chi connectivity index (χ1n) is 11.3. The van der Waals surface area contributed by atoms with Crippen molar-refractivity contribution in [2.24, 2.45) is 7.05 Å². The molecule has 0 unspecified atom stereocenters. The molecular formula is C22H30N4O5S. The van der Waals surface area contributed by atoms with Gasteiger partial charge in [-0.1, -0.05) is 25.7 Å². The highest BCUT2D eigenvalue weighted by atomic mass is 32.2. The van der Waals surface area contributed by atoms with E-state index in [9.17, 15) is 22.8 Å². The molecule has 32 heavy (non-hydrogen) atoms. The quantitative estimate of drug-likeness (QED) is 0.674. The van der Waals surface area contributed by atoms with E-state index in [4.69, 9.17) is 0 Å². The highest BCUT2D eigenvalue weighted by molar-refractivity contribution is 7.89. The van der Waals surface area contributed by atoms with Gasteiger partial charge in [0.1, 0.15) is 6.54 Å². The summed E-state index contributed by atoms with van der Waals surface area (Å²) in [4.78, 5) is 40.1. The van der Waals surface area contributed by atoms with Gasteiger partial charge in [0.05, 0.1) is 15.8 Å². The van der Waals surface area contributed by atoms with Crippen molar-refractivity contribution in [3.63, 3.8) is 0 Å². The lowest BCUT2D eigenvalue weighted by Crippen LogP contribution is -2.44. The zero-order chi connectivity index (χ0) is 22.9. The summed E-state index contributed by atoms with van der Waals surface area (Å²) in [6.07, 6.45) is 7.61. The van der Waals surface area contributed by atoms with E-state index in [-0.39, 0.29) is 28.8 Å². The Balaban J connectivity index is 1.70. The number of sulfonamides is 1. The molecule has 1 saturated carbocycles. The van der Waals surface area contributed by atoms with Crippen LogP contribution < -0.4 is 16.0 Å². The van der Waals surface area contributed by atoms with E-state index in [0.29, 0.717) is 18.6 Å². The van der Waals surface area contributed by atoms with Gasteiger partial charge in [0, 0.05) is 26.2 Å². The lowest BCUT2D eigenvalue weighted by atomic mass is 10.1. The number of hydrogen-bond acceptors (Lipinski definition) is 5. The van der Waals surface area contributed by atoms with Crippen LogP contribution in [0.25, 0.3) is 10.9 Å². The molecule has 2 heterocycles. The summed E-state index contributed by atoms with van der Waals surface area (Å²) in [5.41, 5.74) is -0.914. The monoisotopic (exact) mass is 462 g/mol. The Morgan fingerprint density at radius 1 is 1.03 bits per heavy atom. The molecule has 2 aliphatic rings. The van der Waals surface area contributed by atoms with Gasteiger partial charge in [-0.3, -0.25) is 18.7 Å². The molecule has 1 amide bonds. The Bertz CT molecular complexity index is 1230. The molecule has 0 spiro atoms. The zero-order valence-corrected chi connectivity index (χ0v) is 19.2.